The van der Waals surface area contributed by atoms with Crippen LogP contribution in [0, 0.1) is 6.92 Å². The molecule has 0 aliphatic rings. The Kier molecular flexibility index (Phi) is 2.78. The molecule has 0 aromatic carbocycles. The Hall–Kier alpha value is -1.62. The summed E-state index contributed by atoms with van der Waals surface area (Å²) < 4.78 is 6.55. The van der Waals surface area contributed by atoms with Gasteiger partial charge >= 0.3 is 5.97 Å². The first kappa shape index (κ1) is 10.9. The number of imidazole rings is 1. The summed E-state index contributed by atoms with van der Waals surface area (Å²) in [6.07, 6.45) is 1.59. The van der Waals surface area contributed by atoms with E-state index in [1.165, 1.54) is 0 Å². The second kappa shape index (κ2) is 4.09. The number of halogens is 1. The second-order valence-corrected chi connectivity index (χ2v) is 3.59. The molecule has 0 saturated heterocycles. The molecule has 2 aromatic heterocycles. The quantitative estimate of drug-likeness (QED) is 0.593. The molecule has 0 aliphatic carbocycles. The molecule has 2 rings (SSSR count). The first-order valence-corrected chi connectivity index (χ1v) is 5.19. The molecule has 5 nitrogen and oxygen atoms in total. The summed E-state index contributed by atoms with van der Waals surface area (Å²) in [5.41, 5.74) is 0.842. The maximum Gasteiger partial charge on any atom is 0.358 e. The lowest BCUT2D eigenvalue weighted by molar-refractivity contribution is 0.0520. The van der Waals surface area contributed by atoms with E-state index in [1.54, 1.807) is 30.5 Å². The average molecular weight is 240 g/mol. The highest BCUT2D eigenvalue weighted by atomic mass is 35.5. The Bertz CT molecular complexity index is 550. The molecule has 0 unspecified atom stereocenters. The molecule has 0 fully saturated rings. The van der Waals surface area contributed by atoms with Crippen LogP contribution < -0.4 is 0 Å². The van der Waals surface area contributed by atoms with Crippen molar-refractivity contribution < 1.29 is 9.53 Å². The van der Waals surface area contributed by atoms with Gasteiger partial charge in [-0.1, -0.05) is 11.6 Å². The maximum absolute atomic E-state index is 11.5. The number of nitrogens with zero attached hydrogens (tertiary/aromatic N) is 3. The fourth-order valence-corrected chi connectivity index (χ4v) is 1.63. The lowest BCUT2D eigenvalue weighted by Crippen LogP contribution is -2.04. The highest BCUT2D eigenvalue weighted by Crippen LogP contribution is 2.13. The van der Waals surface area contributed by atoms with Crippen LogP contribution in [0.5, 0.6) is 0 Å². The number of carbonyl (C=O) groups is 1. The third-order valence-electron chi connectivity index (χ3n) is 2.08. The van der Waals surface area contributed by atoms with Gasteiger partial charge in [0, 0.05) is 12.3 Å². The second-order valence-electron chi connectivity index (χ2n) is 3.20. The standard InChI is InChI=1S/C10H10ClN3O2/c1-3-16-10(15)7-5-14-6(2)12-8(11)4-9(14)13-7/h4-5H,3H2,1-2H3. The summed E-state index contributed by atoms with van der Waals surface area (Å²) in [4.78, 5) is 19.6. The SMILES string of the molecule is CCOC(=O)c1cn2c(C)nc(Cl)cc2n1. The van der Waals surface area contributed by atoms with Gasteiger partial charge in [0.2, 0.25) is 0 Å². The molecular weight excluding hydrogens is 230 g/mol. The number of ether oxygens (including phenoxy) is 1. The summed E-state index contributed by atoms with van der Waals surface area (Å²) >= 11 is 5.79. The number of carbonyl (C=O) groups excluding carboxylic acids is 1. The zero-order valence-electron chi connectivity index (χ0n) is 8.90. The van der Waals surface area contributed by atoms with Crippen molar-refractivity contribution >= 4 is 23.2 Å². The largest absolute Gasteiger partial charge is 0.461 e. The van der Waals surface area contributed by atoms with E-state index >= 15 is 0 Å². The van der Waals surface area contributed by atoms with Crippen LogP contribution >= 0.6 is 11.6 Å². The minimum absolute atomic E-state index is 0.258. The smallest absolute Gasteiger partial charge is 0.358 e. The molecular formula is C10H10ClN3O2. The number of fused-ring (bicyclic) bond motifs is 1. The minimum atomic E-state index is -0.443. The lowest BCUT2D eigenvalue weighted by Gasteiger charge is -1.97. The third-order valence-corrected chi connectivity index (χ3v) is 2.28. The van der Waals surface area contributed by atoms with E-state index in [4.69, 9.17) is 16.3 Å². The fourth-order valence-electron chi connectivity index (χ4n) is 1.41. The molecule has 0 saturated carbocycles. The van der Waals surface area contributed by atoms with E-state index in [2.05, 4.69) is 9.97 Å². The van der Waals surface area contributed by atoms with Gasteiger partial charge in [-0.15, -0.1) is 0 Å². The van der Waals surface area contributed by atoms with E-state index in [0.29, 0.717) is 23.2 Å². The van der Waals surface area contributed by atoms with Gasteiger partial charge in [-0.3, -0.25) is 4.40 Å². The van der Waals surface area contributed by atoms with Gasteiger partial charge in [0.25, 0.3) is 0 Å². The van der Waals surface area contributed by atoms with Crippen LogP contribution in [0.1, 0.15) is 23.2 Å². The van der Waals surface area contributed by atoms with E-state index in [1.807, 2.05) is 0 Å². The molecule has 0 radical (unpaired) electrons. The molecule has 0 N–H and O–H groups in total. The van der Waals surface area contributed by atoms with Crippen LogP contribution in [0.15, 0.2) is 12.3 Å². The predicted octanol–water partition coefficient (Wildman–Crippen LogP) is 1.87. The highest BCUT2D eigenvalue weighted by Gasteiger charge is 2.13. The van der Waals surface area contributed by atoms with Crippen molar-refractivity contribution in [3.63, 3.8) is 0 Å². The van der Waals surface area contributed by atoms with Crippen molar-refractivity contribution in [1.29, 1.82) is 0 Å². The first-order chi connectivity index (χ1) is 7.61. The van der Waals surface area contributed by atoms with Gasteiger partial charge in [0.1, 0.15) is 16.6 Å². The lowest BCUT2D eigenvalue weighted by atomic mass is 10.5. The van der Waals surface area contributed by atoms with Gasteiger partial charge in [-0.05, 0) is 13.8 Å². The number of aromatic nitrogens is 3. The summed E-state index contributed by atoms with van der Waals surface area (Å²) in [5, 5.41) is 0.353. The molecule has 0 amide bonds. The summed E-state index contributed by atoms with van der Waals surface area (Å²) in [6.45, 7) is 3.86. The zero-order valence-corrected chi connectivity index (χ0v) is 9.65. The van der Waals surface area contributed by atoms with Crippen LogP contribution in [-0.2, 0) is 4.74 Å². The minimum Gasteiger partial charge on any atom is -0.461 e. The molecule has 0 bridgehead atoms. The Labute approximate surface area is 97.0 Å². The molecule has 84 valence electrons. The van der Waals surface area contributed by atoms with Crippen LogP contribution in [0.25, 0.3) is 5.65 Å². The Morgan fingerprint density at radius 1 is 1.56 bits per heavy atom. The Balaban J connectivity index is 2.51. The van der Waals surface area contributed by atoms with E-state index < -0.39 is 5.97 Å². The van der Waals surface area contributed by atoms with E-state index in [-0.39, 0.29) is 5.69 Å². The maximum atomic E-state index is 11.5. The monoisotopic (exact) mass is 239 g/mol. The molecule has 6 heteroatoms. The molecule has 0 spiro atoms. The number of hydrogen-bond acceptors (Lipinski definition) is 4. The van der Waals surface area contributed by atoms with Crippen molar-refractivity contribution in [1.82, 2.24) is 14.4 Å². The number of hydrogen-bond donors (Lipinski definition) is 0. The molecule has 2 aromatic rings. The Morgan fingerprint density at radius 2 is 2.31 bits per heavy atom. The number of rotatable bonds is 2. The van der Waals surface area contributed by atoms with Gasteiger partial charge in [0.05, 0.1) is 6.61 Å². The average Bonchev–Trinajstić information content (AvgIpc) is 2.62. The Morgan fingerprint density at radius 3 is 3.00 bits per heavy atom. The highest BCUT2D eigenvalue weighted by molar-refractivity contribution is 6.29. The summed E-state index contributed by atoms with van der Waals surface area (Å²) in [6, 6.07) is 1.59. The normalized spacial score (nSPS) is 10.7. The van der Waals surface area contributed by atoms with Crippen molar-refractivity contribution in [2.75, 3.05) is 6.61 Å². The van der Waals surface area contributed by atoms with E-state index in [9.17, 15) is 4.79 Å². The fraction of sp³-hybridized carbons (Fsp3) is 0.300. The molecule has 0 atom stereocenters. The van der Waals surface area contributed by atoms with Crippen LogP contribution in [-0.4, -0.2) is 26.9 Å². The van der Waals surface area contributed by atoms with Gasteiger partial charge in [0.15, 0.2) is 5.69 Å². The zero-order chi connectivity index (χ0) is 11.7. The molecule has 2 heterocycles. The van der Waals surface area contributed by atoms with Gasteiger partial charge in [-0.25, -0.2) is 14.8 Å². The van der Waals surface area contributed by atoms with Crippen molar-refractivity contribution in [2.45, 2.75) is 13.8 Å². The topological polar surface area (TPSA) is 56.5 Å². The first-order valence-electron chi connectivity index (χ1n) is 4.81. The molecule has 0 aliphatic heterocycles. The van der Waals surface area contributed by atoms with Crippen molar-refractivity contribution in [2.24, 2.45) is 0 Å². The van der Waals surface area contributed by atoms with Crippen molar-refractivity contribution in [3.8, 4) is 0 Å². The summed E-state index contributed by atoms with van der Waals surface area (Å²) in [7, 11) is 0. The number of aryl methyl sites for hydroxylation is 1. The molecule has 16 heavy (non-hydrogen) atoms. The van der Waals surface area contributed by atoms with Crippen LogP contribution in [0.3, 0.4) is 0 Å². The van der Waals surface area contributed by atoms with Crippen LogP contribution in [0.2, 0.25) is 5.15 Å². The van der Waals surface area contributed by atoms with Crippen LogP contribution in [0.4, 0.5) is 0 Å². The van der Waals surface area contributed by atoms with E-state index in [0.717, 1.165) is 0 Å². The van der Waals surface area contributed by atoms with Crippen molar-refractivity contribution in [3.05, 3.63) is 28.9 Å². The predicted molar refractivity (Wildman–Crippen MR) is 58.7 cm³/mol. The number of esters is 1. The third kappa shape index (κ3) is 1.86. The van der Waals surface area contributed by atoms with Gasteiger partial charge < -0.3 is 4.74 Å². The summed E-state index contributed by atoms with van der Waals surface area (Å²) in [5.74, 6) is 0.229. The van der Waals surface area contributed by atoms with Gasteiger partial charge in [-0.2, -0.15) is 0 Å².